The number of ether oxygens (including phenoxy) is 2. The maximum absolute atomic E-state index is 11.6. The van der Waals surface area contributed by atoms with Gasteiger partial charge in [-0.25, -0.2) is 4.79 Å². The Labute approximate surface area is 151 Å². The summed E-state index contributed by atoms with van der Waals surface area (Å²) in [5.74, 6) is 0.0279. The minimum atomic E-state index is -0.408. The van der Waals surface area contributed by atoms with Gasteiger partial charge in [0.15, 0.2) is 0 Å². The Morgan fingerprint density at radius 1 is 1.20 bits per heavy atom. The summed E-state index contributed by atoms with van der Waals surface area (Å²) in [7, 11) is 0. The first-order chi connectivity index (χ1) is 11.9. The smallest absolute Gasteiger partial charge is 0.333 e. The fourth-order valence-corrected chi connectivity index (χ4v) is 2.59. The van der Waals surface area contributed by atoms with Crippen molar-refractivity contribution >= 4 is 5.97 Å². The van der Waals surface area contributed by atoms with E-state index in [0.29, 0.717) is 31.8 Å². The SMILES string of the molecule is CCOC(=O)/C(C)=C/[C@@H](C)CC[C@@H](O)[C@H](C)COCc1ccccc1. The minimum absolute atomic E-state index is 0.0750. The van der Waals surface area contributed by atoms with Crippen molar-refractivity contribution < 1.29 is 19.4 Å². The highest BCUT2D eigenvalue weighted by Gasteiger charge is 2.16. The fraction of sp³-hybridized carbons (Fsp3) is 0.571. The van der Waals surface area contributed by atoms with Crippen LogP contribution in [0, 0.1) is 11.8 Å². The van der Waals surface area contributed by atoms with Crippen LogP contribution in [0.3, 0.4) is 0 Å². The first-order valence-corrected chi connectivity index (χ1v) is 9.09. The van der Waals surface area contributed by atoms with Crippen LogP contribution in [-0.2, 0) is 20.9 Å². The van der Waals surface area contributed by atoms with Crippen molar-refractivity contribution in [3.63, 3.8) is 0 Å². The van der Waals surface area contributed by atoms with Crippen LogP contribution >= 0.6 is 0 Å². The van der Waals surface area contributed by atoms with E-state index in [9.17, 15) is 9.90 Å². The molecule has 1 N–H and O–H groups in total. The average molecular weight is 348 g/mol. The second-order valence-corrected chi connectivity index (χ2v) is 6.67. The Morgan fingerprint density at radius 2 is 1.88 bits per heavy atom. The summed E-state index contributed by atoms with van der Waals surface area (Å²) >= 11 is 0. The number of rotatable bonds is 11. The highest BCUT2D eigenvalue weighted by Crippen LogP contribution is 2.17. The van der Waals surface area contributed by atoms with Gasteiger partial charge in [0, 0.05) is 11.5 Å². The number of carbonyl (C=O) groups excluding carboxylic acids is 1. The lowest BCUT2D eigenvalue weighted by Gasteiger charge is -2.20. The first-order valence-electron chi connectivity index (χ1n) is 9.09. The van der Waals surface area contributed by atoms with Gasteiger partial charge in [0.2, 0.25) is 0 Å². The molecule has 3 atom stereocenters. The molecule has 0 bridgehead atoms. The Kier molecular flexibility index (Phi) is 10.1. The van der Waals surface area contributed by atoms with Crippen molar-refractivity contribution in [3.8, 4) is 0 Å². The first kappa shape index (κ1) is 21.4. The van der Waals surface area contributed by atoms with Gasteiger partial charge >= 0.3 is 5.97 Å². The van der Waals surface area contributed by atoms with Gasteiger partial charge in [-0.05, 0) is 38.2 Å². The van der Waals surface area contributed by atoms with Gasteiger partial charge in [-0.1, -0.05) is 50.3 Å². The second-order valence-electron chi connectivity index (χ2n) is 6.67. The quantitative estimate of drug-likeness (QED) is 0.483. The molecule has 0 radical (unpaired) electrons. The van der Waals surface area contributed by atoms with Gasteiger partial charge in [0.1, 0.15) is 0 Å². The van der Waals surface area contributed by atoms with Crippen molar-refractivity contribution in [1.82, 2.24) is 0 Å². The third-order valence-electron chi connectivity index (χ3n) is 4.20. The van der Waals surface area contributed by atoms with Crippen molar-refractivity contribution in [3.05, 3.63) is 47.5 Å². The molecule has 25 heavy (non-hydrogen) atoms. The summed E-state index contributed by atoms with van der Waals surface area (Å²) in [6, 6.07) is 10.0. The predicted octanol–water partition coefficient (Wildman–Crippen LogP) is 4.13. The van der Waals surface area contributed by atoms with Gasteiger partial charge < -0.3 is 14.6 Å². The van der Waals surface area contributed by atoms with Crippen molar-refractivity contribution in [2.24, 2.45) is 11.8 Å². The van der Waals surface area contributed by atoms with E-state index in [-0.39, 0.29) is 17.8 Å². The molecule has 1 rings (SSSR count). The maximum atomic E-state index is 11.6. The predicted molar refractivity (Wildman–Crippen MR) is 100 cm³/mol. The minimum Gasteiger partial charge on any atom is -0.463 e. The van der Waals surface area contributed by atoms with E-state index in [2.05, 4.69) is 0 Å². The van der Waals surface area contributed by atoms with E-state index in [1.807, 2.05) is 50.3 Å². The zero-order chi connectivity index (χ0) is 18.7. The Hall–Kier alpha value is -1.65. The number of esters is 1. The molecule has 0 aliphatic carbocycles. The summed E-state index contributed by atoms with van der Waals surface area (Å²) in [5, 5.41) is 10.3. The number of allylic oxidation sites excluding steroid dienone is 1. The van der Waals surface area contributed by atoms with Crippen molar-refractivity contribution in [1.29, 1.82) is 0 Å². The van der Waals surface area contributed by atoms with E-state index < -0.39 is 6.10 Å². The van der Waals surface area contributed by atoms with Crippen LogP contribution in [0.25, 0.3) is 0 Å². The van der Waals surface area contributed by atoms with E-state index in [1.54, 1.807) is 13.8 Å². The number of aliphatic hydroxyl groups is 1. The number of carbonyl (C=O) groups is 1. The molecule has 1 aromatic rings. The topological polar surface area (TPSA) is 55.8 Å². The highest BCUT2D eigenvalue weighted by molar-refractivity contribution is 5.87. The van der Waals surface area contributed by atoms with Crippen molar-refractivity contribution in [2.45, 2.75) is 53.2 Å². The van der Waals surface area contributed by atoms with E-state index in [1.165, 1.54) is 0 Å². The molecule has 140 valence electrons. The molecule has 0 saturated heterocycles. The lowest BCUT2D eigenvalue weighted by Crippen LogP contribution is -2.23. The summed E-state index contributed by atoms with van der Waals surface area (Å²) in [5.41, 5.74) is 1.76. The normalized spacial score (nSPS) is 15.5. The zero-order valence-corrected chi connectivity index (χ0v) is 15.9. The molecule has 4 heteroatoms. The number of hydrogen-bond acceptors (Lipinski definition) is 4. The molecule has 0 amide bonds. The number of hydrogen-bond donors (Lipinski definition) is 1. The molecule has 0 unspecified atom stereocenters. The molecule has 0 saturated carbocycles. The number of benzene rings is 1. The highest BCUT2D eigenvalue weighted by atomic mass is 16.5. The molecule has 0 spiro atoms. The molecule has 0 aliphatic heterocycles. The van der Waals surface area contributed by atoms with Gasteiger partial charge in [0.05, 0.1) is 25.9 Å². The molecular weight excluding hydrogens is 316 g/mol. The summed E-state index contributed by atoms with van der Waals surface area (Å²) in [6.07, 6.45) is 3.01. The number of aliphatic hydroxyl groups excluding tert-OH is 1. The lowest BCUT2D eigenvalue weighted by atomic mass is 9.95. The van der Waals surface area contributed by atoms with E-state index >= 15 is 0 Å². The largest absolute Gasteiger partial charge is 0.463 e. The second kappa shape index (κ2) is 11.8. The standard InChI is InChI=1S/C21H32O4/c1-5-25-21(23)17(3)13-16(2)11-12-20(22)18(4)14-24-15-19-9-7-6-8-10-19/h6-10,13,16,18,20,22H,5,11-12,14-15H2,1-4H3/b17-13+/t16-,18+,20+/m0/s1. The molecule has 1 aromatic carbocycles. The summed E-state index contributed by atoms with van der Waals surface area (Å²) < 4.78 is 10.7. The average Bonchev–Trinajstić information content (AvgIpc) is 2.60. The van der Waals surface area contributed by atoms with Crippen LogP contribution in [0.2, 0.25) is 0 Å². The third-order valence-corrected chi connectivity index (χ3v) is 4.20. The van der Waals surface area contributed by atoms with Crippen LogP contribution in [0.1, 0.15) is 46.1 Å². The molecule has 4 nitrogen and oxygen atoms in total. The summed E-state index contributed by atoms with van der Waals surface area (Å²) in [4.78, 5) is 11.6. The van der Waals surface area contributed by atoms with Crippen LogP contribution in [-0.4, -0.2) is 30.4 Å². The van der Waals surface area contributed by atoms with Gasteiger partial charge in [-0.3, -0.25) is 0 Å². The van der Waals surface area contributed by atoms with Crippen LogP contribution in [0.4, 0.5) is 0 Å². The van der Waals surface area contributed by atoms with Crippen LogP contribution < -0.4 is 0 Å². The molecular formula is C21H32O4. The molecule has 0 fully saturated rings. The van der Waals surface area contributed by atoms with Crippen molar-refractivity contribution in [2.75, 3.05) is 13.2 Å². The van der Waals surface area contributed by atoms with E-state index in [0.717, 1.165) is 12.0 Å². The van der Waals surface area contributed by atoms with Crippen LogP contribution in [0.5, 0.6) is 0 Å². The molecule has 0 aliphatic rings. The molecule has 0 aromatic heterocycles. The Bertz CT molecular complexity index is 524. The monoisotopic (exact) mass is 348 g/mol. The van der Waals surface area contributed by atoms with Gasteiger partial charge in [-0.2, -0.15) is 0 Å². The van der Waals surface area contributed by atoms with Gasteiger partial charge in [0.25, 0.3) is 0 Å². The maximum Gasteiger partial charge on any atom is 0.333 e. The van der Waals surface area contributed by atoms with Gasteiger partial charge in [-0.15, -0.1) is 0 Å². The lowest BCUT2D eigenvalue weighted by molar-refractivity contribution is -0.138. The third kappa shape index (κ3) is 8.84. The van der Waals surface area contributed by atoms with Crippen LogP contribution in [0.15, 0.2) is 42.0 Å². The molecule has 0 heterocycles. The zero-order valence-electron chi connectivity index (χ0n) is 15.9. The van der Waals surface area contributed by atoms with E-state index in [4.69, 9.17) is 9.47 Å². The Balaban J connectivity index is 2.28. The fourth-order valence-electron chi connectivity index (χ4n) is 2.59. The Morgan fingerprint density at radius 3 is 2.52 bits per heavy atom. The summed E-state index contributed by atoms with van der Waals surface area (Å²) in [6.45, 7) is 9.10.